The molecule has 144 valence electrons. The molecule has 0 spiro atoms. The first-order valence-electron chi connectivity index (χ1n) is 8.32. The smallest absolute Gasteiger partial charge is 0.228 e. The summed E-state index contributed by atoms with van der Waals surface area (Å²) < 4.78 is 18.5. The quantitative estimate of drug-likeness (QED) is 0.549. The van der Waals surface area contributed by atoms with E-state index in [2.05, 4.69) is 10.3 Å². The van der Waals surface area contributed by atoms with Gasteiger partial charge in [-0.15, -0.1) is 0 Å². The lowest BCUT2D eigenvalue weighted by Crippen LogP contribution is -2.15. The summed E-state index contributed by atoms with van der Waals surface area (Å²) >= 11 is 7.14. The number of ether oxygens (including phenoxy) is 1. The summed E-state index contributed by atoms with van der Waals surface area (Å²) in [4.78, 5) is 16.9. The summed E-state index contributed by atoms with van der Waals surface area (Å²) in [7, 11) is 0. The van der Waals surface area contributed by atoms with Crippen molar-refractivity contribution >= 4 is 35.1 Å². The monoisotopic (exact) mass is 417 g/mol. The number of hydrogen-bond donors (Lipinski definition) is 2. The van der Waals surface area contributed by atoms with Crippen molar-refractivity contribution < 1.29 is 13.9 Å². The van der Waals surface area contributed by atoms with Crippen molar-refractivity contribution in [3.05, 3.63) is 82.8 Å². The fourth-order valence-corrected chi connectivity index (χ4v) is 3.16. The molecule has 2 aromatic carbocycles. The number of benzene rings is 2. The summed E-state index contributed by atoms with van der Waals surface area (Å²) in [6.45, 7) is 0.214. The number of hydrogen-bond acceptors (Lipinski definition) is 5. The zero-order valence-electron chi connectivity index (χ0n) is 14.7. The summed E-state index contributed by atoms with van der Waals surface area (Å²) in [5.41, 5.74) is 2.20. The highest BCUT2D eigenvalue weighted by molar-refractivity contribution is 7.97. The first-order valence-corrected chi connectivity index (χ1v) is 9.58. The largest absolute Gasteiger partial charge is 0.473 e. The Kier molecular flexibility index (Phi) is 6.86. The van der Waals surface area contributed by atoms with E-state index in [9.17, 15) is 9.18 Å². The second kappa shape index (κ2) is 9.54. The molecule has 0 unspecified atom stereocenters. The van der Waals surface area contributed by atoms with Crippen molar-refractivity contribution in [2.24, 2.45) is 5.14 Å². The summed E-state index contributed by atoms with van der Waals surface area (Å²) in [6, 6.07) is 15.3. The Morgan fingerprint density at radius 3 is 2.71 bits per heavy atom. The van der Waals surface area contributed by atoms with Crippen LogP contribution in [-0.2, 0) is 17.8 Å². The highest BCUT2D eigenvalue weighted by Crippen LogP contribution is 2.24. The molecule has 0 atom stereocenters. The van der Waals surface area contributed by atoms with Crippen LogP contribution in [0.2, 0.25) is 5.02 Å². The van der Waals surface area contributed by atoms with Crippen LogP contribution in [0.15, 0.2) is 65.7 Å². The van der Waals surface area contributed by atoms with Crippen LogP contribution in [0.25, 0.3) is 0 Å². The second-order valence-corrected chi connectivity index (χ2v) is 6.94. The van der Waals surface area contributed by atoms with Gasteiger partial charge in [0.2, 0.25) is 11.8 Å². The minimum Gasteiger partial charge on any atom is -0.473 e. The lowest BCUT2D eigenvalue weighted by atomic mass is 10.1. The Hall–Kier alpha value is -2.61. The SMILES string of the molecule is NSc1cc(NC(=O)Cc2ccccc2Cl)ccc1COc1ccc(F)cn1. The van der Waals surface area contributed by atoms with Crippen molar-refractivity contribution in [1.29, 1.82) is 0 Å². The number of aromatic nitrogens is 1. The zero-order valence-corrected chi connectivity index (χ0v) is 16.3. The first-order chi connectivity index (χ1) is 13.5. The minimum absolute atomic E-state index is 0.172. The van der Waals surface area contributed by atoms with E-state index in [1.165, 1.54) is 12.1 Å². The van der Waals surface area contributed by atoms with Crippen LogP contribution in [0.3, 0.4) is 0 Å². The van der Waals surface area contributed by atoms with Gasteiger partial charge in [-0.1, -0.05) is 35.9 Å². The molecule has 0 radical (unpaired) electrons. The Morgan fingerprint density at radius 1 is 1.18 bits per heavy atom. The third-order valence-corrected chi connectivity index (χ3v) is 4.87. The minimum atomic E-state index is -0.428. The number of rotatable bonds is 7. The maximum atomic E-state index is 12.9. The number of carbonyl (C=O) groups excluding carboxylic acids is 1. The molecule has 1 aromatic heterocycles. The zero-order chi connectivity index (χ0) is 19.9. The molecule has 3 aromatic rings. The standard InChI is InChI=1S/C20H17ClFN3O2S/c21-17-4-2-1-3-13(17)9-19(26)25-16-7-5-14(18(10-16)28-23)12-27-20-8-6-15(22)11-24-20/h1-8,10-11H,9,12,23H2,(H,25,26). The number of anilines is 1. The van der Waals surface area contributed by atoms with Gasteiger partial charge in [0.25, 0.3) is 0 Å². The van der Waals surface area contributed by atoms with E-state index in [1.807, 2.05) is 24.3 Å². The number of carbonyl (C=O) groups is 1. The molecule has 0 aliphatic carbocycles. The molecule has 8 heteroatoms. The number of pyridine rings is 1. The van der Waals surface area contributed by atoms with Crippen molar-refractivity contribution in [3.8, 4) is 5.88 Å². The van der Waals surface area contributed by atoms with E-state index >= 15 is 0 Å². The van der Waals surface area contributed by atoms with Gasteiger partial charge in [-0.2, -0.15) is 0 Å². The van der Waals surface area contributed by atoms with E-state index in [0.29, 0.717) is 16.6 Å². The number of halogens is 2. The van der Waals surface area contributed by atoms with Gasteiger partial charge in [-0.3, -0.25) is 9.93 Å². The van der Waals surface area contributed by atoms with E-state index in [4.69, 9.17) is 21.5 Å². The maximum Gasteiger partial charge on any atom is 0.228 e. The van der Waals surface area contributed by atoms with Gasteiger partial charge in [0.05, 0.1) is 12.6 Å². The van der Waals surface area contributed by atoms with Crippen LogP contribution < -0.4 is 15.2 Å². The Labute approximate surface area is 171 Å². The highest BCUT2D eigenvalue weighted by Gasteiger charge is 2.10. The fraction of sp³-hybridized carbons (Fsp3) is 0.100. The van der Waals surface area contributed by atoms with Crippen LogP contribution in [0, 0.1) is 5.82 Å². The molecule has 3 rings (SSSR count). The molecule has 0 aliphatic heterocycles. The molecule has 0 bridgehead atoms. The summed E-state index contributed by atoms with van der Waals surface area (Å²) in [6.07, 6.45) is 1.26. The van der Waals surface area contributed by atoms with Crippen LogP contribution in [-0.4, -0.2) is 10.9 Å². The maximum absolute atomic E-state index is 12.9. The van der Waals surface area contributed by atoms with Crippen LogP contribution >= 0.6 is 23.5 Å². The van der Waals surface area contributed by atoms with Crippen LogP contribution in [0.1, 0.15) is 11.1 Å². The number of nitrogens with zero attached hydrogens (tertiary/aromatic N) is 1. The normalized spacial score (nSPS) is 10.5. The highest BCUT2D eigenvalue weighted by atomic mass is 35.5. The molecule has 0 aliphatic rings. The molecule has 28 heavy (non-hydrogen) atoms. The lowest BCUT2D eigenvalue weighted by molar-refractivity contribution is -0.115. The van der Waals surface area contributed by atoms with Crippen LogP contribution in [0.4, 0.5) is 10.1 Å². The van der Waals surface area contributed by atoms with Crippen molar-refractivity contribution in [2.45, 2.75) is 17.9 Å². The Bertz CT molecular complexity index is 970. The van der Waals surface area contributed by atoms with Gasteiger partial charge < -0.3 is 10.1 Å². The molecule has 1 amide bonds. The molecule has 5 nitrogen and oxygen atoms in total. The molecular formula is C20H17ClFN3O2S. The van der Waals surface area contributed by atoms with E-state index in [1.54, 1.807) is 18.2 Å². The molecule has 0 fully saturated rings. The predicted octanol–water partition coefficient (Wildman–Crippen LogP) is 4.60. The van der Waals surface area contributed by atoms with Gasteiger partial charge in [-0.25, -0.2) is 9.37 Å². The average Bonchev–Trinajstić information content (AvgIpc) is 2.70. The van der Waals surface area contributed by atoms with E-state index in [-0.39, 0.29) is 18.9 Å². The van der Waals surface area contributed by atoms with Crippen LogP contribution in [0.5, 0.6) is 5.88 Å². The Morgan fingerprint density at radius 2 is 2.00 bits per heavy atom. The predicted molar refractivity (Wildman–Crippen MR) is 109 cm³/mol. The van der Waals surface area contributed by atoms with Crippen molar-refractivity contribution in [2.75, 3.05) is 5.32 Å². The van der Waals surface area contributed by atoms with Gasteiger partial charge in [0.15, 0.2) is 0 Å². The molecular weight excluding hydrogens is 401 g/mol. The lowest BCUT2D eigenvalue weighted by Gasteiger charge is -2.12. The average molecular weight is 418 g/mol. The fourth-order valence-electron chi connectivity index (χ4n) is 2.48. The Balaban J connectivity index is 1.64. The topological polar surface area (TPSA) is 77.2 Å². The second-order valence-electron chi connectivity index (χ2n) is 5.86. The summed E-state index contributed by atoms with van der Waals surface area (Å²) in [5.74, 6) is -0.297. The third-order valence-electron chi connectivity index (χ3n) is 3.86. The van der Waals surface area contributed by atoms with E-state index in [0.717, 1.165) is 34.2 Å². The number of nitrogens with two attached hydrogens (primary N) is 1. The van der Waals surface area contributed by atoms with E-state index < -0.39 is 5.82 Å². The first kappa shape index (κ1) is 20.1. The van der Waals surface area contributed by atoms with Gasteiger partial charge in [-0.05, 0) is 41.8 Å². The molecule has 0 saturated carbocycles. The number of nitrogens with one attached hydrogen (secondary N) is 1. The summed E-state index contributed by atoms with van der Waals surface area (Å²) in [5, 5.41) is 9.14. The van der Waals surface area contributed by atoms with Gasteiger partial charge in [0, 0.05) is 27.2 Å². The van der Waals surface area contributed by atoms with Gasteiger partial charge in [0.1, 0.15) is 12.4 Å². The third kappa shape index (κ3) is 5.45. The number of amides is 1. The van der Waals surface area contributed by atoms with Crippen molar-refractivity contribution in [1.82, 2.24) is 4.98 Å². The molecule has 1 heterocycles. The van der Waals surface area contributed by atoms with Crippen molar-refractivity contribution in [3.63, 3.8) is 0 Å². The van der Waals surface area contributed by atoms with Gasteiger partial charge >= 0.3 is 0 Å². The molecule has 0 saturated heterocycles. The molecule has 3 N–H and O–H groups in total.